The smallest absolute Gasteiger partial charge is 0.326 e. The van der Waals surface area contributed by atoms with Crippen LogP contribution in [0.4, 0.5) is 0 Å². The molecule has 0 radical (unpaired) electrons. The van der Waals surface area contributed by atoms with Crippen molar-refractivity contribution in [2.45, 2.75) is 32.9 Å². The van der Waals surface area contributed by atoms with Crippen LogP contribution in [0.15, 0.2) is 64.5 Å². The molecule has 0 aliphatic heterocycles. The summed E-state index contributed by atoms with van der Waals surface area (Å²) in [5.41, 5.74) is 11.4. The van der Waals surface area contributed by atoms with Gasteiger partial charge in [0.05, 0.1) is 23.7 Å². The van der Waals surface area contributed by atoms with Crippen LogP contribution in [-0.4, -0.2) is 35.1 Å². The first kappa shape index (κ1) is 21.2. The number of hydrogen-bond donors (Lipinski definition) is 3. The summed E-state index contributed by atoms with van der Waals surface area (Å²) in [5, 5.41) is 3.97. The van der Waals surface area contributed by atoms with Gasteiger partial charge in [-0.25, -0.2) is 4.79 Å². The summed E-state index contributed by atoms with van der Waals surface area (Å²) in [4.78, 5) is 14.7. The first-order valence-electron chi connectivity index (χ1n) is 9.34. The number of aromatic nitrogens is 2. The van der Waals surface area contributed by atoms with E-state index in [9.17, 15) is 4.79 Å². The van der Waals surface area contributed by atoms with Crippen LogP contribution in [-0.2, 0) is 11.3 Å². The minimum Gasteiger partial charge on any atom is -0.479 e. The Kier molecular flexibility index (Phi) is 8.30. The molecule has 0 aliphatic rings. The average Bonchev–Trinajstić information content (AvgIpc) is 3.00. The van der Waals surface area contributed by atoms with Gasteiger partial charge in [0.2, 0.25) is 5.90 Å². The number of aryl methyl sites for hydroxylation is 2. The number of H-pyrrole nitrogens is 1. The summed E-state index contributed by atoms with van der Waals surface area (Å²) < 4.78 is 7.24. The second kappa shape index (κ2) is 10.9. The number of imidazole rings is 1. The highest BCUT2D eigenvalue weighted by molar-refractivity contribution is 5.80. The van der Waals surface area contributed by atoms with Crippen LogP contribution < -0.4 is 16.8 Å². The molecule has 3 rings (SSSR count). The molecule has 3 aromatic rings. The topological polar surface area (TPSA) is 97.4 Å². The number of nitrogens with one attached hydrogen (secondary N) is 2. The van der Waals surface area contributed by atoms with Crippen molar-refractivity contribution in [3.63, 3.8) is 0 Å². The van der Waals surface area contributed by atoms with E-state index in [1.54, 1.807) is 18.5 Å². The summed E-state index contributed by atoms with van der Waals surface area (Å²) in [7, 11) is 1.69. The van der Waals surface area contributed by atoms with Gasteiger partial charge in [-0.05, 0) is 32.4 Å². The van der Waals surface area contributed by atoms with Gasteiger partial charge >= 0.3 is 5.69 Å². The zero-order valence-electron chi connectivity index (χ0n) is 16.7. The number of ether oxygens (including phenoxy) is 1. The fourth-order valence-electron chi connectivity index (χ4n) is 2.64. The maximum absolute atomic E-state index is 11.9. The molecule has 1 heterocycles. The van der Waals surface area contributed by atoms with Crippen LogP contribution >= 0.6 is 0 Å². The second-order valence-corrected chi connectivity index (χ2v) is 6.42. The molecule has 4 N–H and O–H groups in total. The molecule has 1 unspecified atom stereocenters. The summed E-state index contributed by atoms with van der Waals surface area (Å²) in [5.74, 6) is 0.462. The molecule has 0 bridgehead atoms. The predicted octanol–water partition coefficient (Wildman–Crippen LogP) is 2.61. The number of para-hydroxylation sites is 2. The van der Waals surface area contributed by atoms with Crippen molar-refractivity contribution < 1.29 is 4.74 Å². The van der Waals surface area contributed by atoms with Gasteiger partial charge in [-0.15, -0.1) is 5.10 Å². The Labute approximate surface area is 165 Å². The van der Waals surface area contributed by atoms with E-state index in [0.717, 1.165) is 11.0 Å². The van der Waals surface area contributed by atoms with Gasteiger partial charge in [0.25, 0.3) is 0 Å². The van der Waals surface area contributed by atoms with E-state index in [2.05, 4.69) is 34.6 Å². The number of nitrogens with zero attached hydrogens (tertiary/aromatic N) is 2. The Morgan fingerprint density at radius 3 is 2.50 bits per heavy atom. The normalized spacial score (nSPS) is 12.2. The number of hydrazone groups is 1. The van der Waals surface area contributed by atoms with Crippen LogP contribution in [0.25, 0.3) is 11.0 Å². The van der Waals surface area contributed by atoms with Crippen molar-refractivity contribution in [3.05, 3.63) is 70.6 Å². The minimum atomic E-state index is -0.270. The highest BCUT2D eigenvalue weighted by Gasteiger charge is 2.08. The molecule has 0 spiro atoms. The molecule has 0 saturated heterocycles. The quantitative estimate of drug-likeness (QED) is 0.264. The first-order valence-corrected chi connectivity index (χ1v) is 9.34. The maximum Gasteiger partial charge on any atom is 0.326 e. The molecular formula is C21H29N5O2. The van der Waals surface area contributed by atoms with Gasteiger partial charge in [-0.3, -0.25) is 4.57 Å². The zero-order chi connectivity index (χ0) is 20.4. The molecule has 0 fully saturated rings. The van der Waals surface area contributed by atoms with Gasteiger partial charge in [0.15, 0.2) is 0 Å². The number of benzene rings is 2. The number of aromatic amines is 1. The van der Waals surface area contributed by atoms with Crippen molar-refractivity contribution in [1.29, 1.82) is 0 Å². The van der Waals surface area contributed by atoms with Crippen LogP contribution in [0.3, 0.4) is 0 Å². The fourth-order valence-corrected chi connectivity index (χ4v) is 2.64. The monoisotopic (exact) mass is 383 g/mol. The number of hydrogen-bond acceptors (Lipinski definition) is 5. The highest BCUT2D eigenvalue weighted by atomic mass is 16.5. The third-order valence-electron chi connectivity index (χ3n) is 4.01. The zero-order valence-corrected chi connectivity index (χ0v) is 16.7. The number of nitrogens with two attached hydrogens (primary N) is 1. The Morgan fingerprint density at radius 2 is 1.89 bits per heavy atom. The van der Waals surface area contributed by atoms with Gasteiger partial charge in [-0.2, -0.15) is 0 Å². The van der Waals surface area contributed by atoms with Crippen molar-refractivity contribution in [2.75, 3.05) is 13.7 Å². The lowest BCUT2D eigenvalue weighted by Gasteiger charge is -2.12. The molecule has 0 saturated carbocycles. The molecule has 7 heteroatoms. The Hall–Kier alpha value is -3.06. The highest BCUT2D eigenvalue weighted by Crippen LogP contribution is 2.09. The van der Waals surface area contributed by atoms with Gasteiger partial charge < -0.3 is 20.9 Å². The van der Waals surface area contributed by atoms with Crippen LogP contribution in [0, 0.1) is 6.92 Å². The van der Waals surface area contributed by atoms with Crippen LogP contribution in [0.1, 0.15) is 18.9 Å². The van der Waals surface area contributed by atoms with E-state index in [1.807, 2.05) is 42.5 Å². The lowest BCUT2D eigenvalue weighted by molar-refractivity contribution is 0.275. The Bertz CT molecular complexity index is 929. The van der Waals surface area contributed by atoms with E-state index < -0.39 is 0 Å². The molecule has 1 atom stereocenters. The fraction of sp³-hybridized carbons (Fsp3) is 0.333. The van der Waals surface area contributed by atoms with Gasteiger partial charge in [0, 0.05) is 13.6 Å². The molecular weight excluding hydrogens is 354 g/mol. The largest absolute Gasteiger partial charge is 0.479 e. The van der Waals surface area contributed by atoms with Gasteiger partial charge in [-0.1, -0.05) is 48.0 Å². The molecule has 0 aliphatic carbocycles. The molecule has 2 aromatic carbocycles. The molecule has 28 heavy (non-hydrogen) atoms. The maximum atomic E-state index is 11.9. The van der Waals surface area contributed by atoms with E-state index in [1.165, 1.54) is 5.56 Å². The SMILES string of the molecule is CN/N=C(\OCCCn1c(=O)[nH]c2ccccc21)C(C)N.Cc1ccccc1. The third-order valence-corrected chi connectivity index (χ3v) is 4.01. The predicted molar refractivity (Wildman–Crippen MR) is 114 cm³/mol. The Morgan fingerprint density at radius 1 is 1.21 bits per heavy atom. The third kappa shape index (κ3) is 6.28. The Balaban J connectivity index is 0.000000336. The molecule has 0 amide bonds. The molecule has 150 valence electrons. The summed E-state index contributed by atoms with van der Waals surface area (Å²) in [6.45, 7) is 4.92. The second-order valence-electron chi connectivity index (χ2n) is 6.42. The van der Waals surface area contributed by atoms with Crippen molar-refractivity contribution in [2.24, 2.45) is 10.8 Å². The molecule has 7 nitrogen and oxygen atoms in total. The van der Waals surface area contributed by atoms with Crippen molar-refractivity contribution >= 4 is 16.9 Å². The van der Waals surface area contributed by atoms with Crippen molar-refractivity contribution in [1.82, 2.24) is 15.0 Å². The summed E-state index contributed by atoms with van der Waals surface area (Å²) in [6.07, 6.45) is 0.692. The van der Waals surface area contributed by atoms with Crippen LogP contribution in [0.2, 0.25) is 0 Å². The van der Waals surface area contributed by atoms with Crippen LogP contribution in [0.5, 0.6) is 0 Å². The summed E-state index contributed by atoms with van der Waals surface area (Å²) >= 11 is 0. The van der Waals surface area contributed by atoms with Gasteiger partial charge in [0.1, 0.15) is 0 Å². The lowest BCUT2D eigenvalue weighted by Crippen LogP contribution is -2.31. The van der Waals surface area contributed by atoms with E-state index in [4.69, 9.17) is 10.5 Å². The number of rotatable bonds is 6. The lowest BCUT2D eigenvalue weighted by atomic mass is 10.2. The van der Waals surface area contributed by atoms with E-state index in [0.29, 0.717) is 25.5 Å². The van der Waals surface area contributed by atoms with Crippen molar-refractivity contribution in [3.8, 4) is 0 Å². The van der Waals surface area contributed by atoms with E-state index in [-0.39, 0.29) is 11.7 Å². The first-order chi connectivity index (χ1) is 13.5. The average molecular weight is 383 g/mol. The van der Waals surface area contributed by atoms with E-state index >= 15 is 0 Å². The number of fused-ring (bicyclic) bond motifs is 1. The minimum absolute atomic E-state index is 0.104. The molecule has 1 aromatic heterocycles. The summed E-state index contributed by atoms with van der Waals surface area (Å²) in [6, 6.07) is 17.6. The standard InChI is InChI=1S/C14H21N5O2.C7H8/c1-10(15)13(18-16-2)21-9-5-8-19-12-7-4-3-6-11(12)17-14(19)20;1-7-5-3-2-4-6-7/h3-4,6-7,10,16H,5,8-9,15H2,1-2H3,(H,17,20);2-6H,1H3/b18-13-;.